The molecule has 31 heavy (non-hydrogen) atoms. The lowest BCUT2D eigenvalue weighted by atomic mass is 10.1. The van der Waals surface area contributed by atoms with Gasteiger partial charge in [0.1, 0.15) is 0 Å². The van der Waals surface area contributed by atoms with E-state index in [4.69, 9.17) is 10.5 Å². The van der Waals surface area contributed by atoms with Gasteiger partial charge in [0, 0.05) is 30.9 Å². The van der Waals surface area contributed by atoms with Crippen LogP contribution < -0.4 is 11.1 Å². The van der Waals surface area contributed by atoms with Crippen molar-refractivity contribution in [1.82, 2.24) is 4.31 Å². The van der Waals surface area contributed by atoms with Crippen LogP contribution in [0.25, 0.3) is 0 Å². The highest BCUT2D eigenvalue weighted by molar-refractivity contribution is 7.89. The van der Waals surface area contributed by atoms with Crippen LogP contribution in [0.2, 0.25) is 0 Å². The van der Waals surface area contributed by atoms with E-state index < -0.39 is 33.4 Å². The van der Waals surface area contributed by atoms with Gasteiger partial charge in [0.2, 0.25) is 10.0 Å². The van der Waals surface area contributed by atoms with Crippen molar-refractivity contribution >= 4 is 39.0 Å². The first-order valence-corrected chi connectivity index (χ1v) is 10.6. The van der Waals surface area contributed by atoms with E-state index in [2.05, 4.69) is 5.32 Å². The molecular weight excluding hydrogens is 428 g/mol. The maximum absolute atomic E-state index is 12.5. The predicted molar refractivity (Wildman–Crippen MR) is 113 cm³/mol. The lowest BCUT2D eigenvalue weighted by Gasteiger charge is -2.18. The minimum Gasteiger partial charge on any atom is -0.452 e. The number of rotatable bonds is 9. The van der Waals surface area contributed by atoms with Gasteiger partial charge in [-0.15, -0.1) is 0 Å². The summed E-state index contributed by atoms with van der Waals surface area (Å²) >= 11 is 0. The normalized spacial score (nSPS) is 11.2. The Hall–Kier alpha value is -3.51. The largest absolute Gasteiger partial charge is 0.452 e. The van der Waals surface area contributed by atoms with Gasteiger partial charge in [-0.1, -0.05) is 13.8 Å². The van der Waals surface area contributed by atoms with E-state index in [0.29, 0.717) is 18.8 Å². The highest BCUT2D eigenvalue weighted by atomic mass is 32.2. The number of carbonyl (C=O) groups is 2. The molecule has 0 fully saturated rings. The summed E-state index contributed by atoms with van der Waals surface area (Å²) in [7, 11) is -3.61. The molecule has 11 nitrogen and oxygen atoms in total. The Morgan fingerprint density at radius 2 is 1.74 bits per heavy atom. The number of nitrogens with zero attached hydrogens (tertiary/aromatic N) is 2. The summed E-state index contributed by atoms with van der Waals surface area (Å²) in [5.41, 5.74) is 5.40. The Labute approximate surface area is 179 Å². The van der Waals surface area contributed by atoms with Gasteiger partial charge in [0.15, 0.2) is 6.61 Å². The molecule has 2 aromatic carbocycles. The molecule has 0 spiro atoms. The second-order valence-electron chi connectivity index (χ2n) is 6.27. The number of esters is 1. The first-order valence-electron chi connectivity index (χ1n) is 9.21. The van der Waals surface area contributed by atoms with E-state index in [9.17, 15) is 28.1 Å². The molecule has 2 aromatic rings. The van der Waals surface area contributed by atoms with E-state index in [1.54, 1.807) is 13.8 Å². The lowest BCUT2D eigenvalue weighted by Crippen LogP contribution is -2.30. The number of carbonyl (C=O) groups excluding carboxylic acids is 2. The zero-order valence-corrected chi connectivity index (χ0v) is 17.7. The fourth-order valence-corrected chi connectivity index (χ4v) is 4.14. The number of nitrogen functional groups attached to an aromatic ring is 1. The number of anilines is 2. The summed E-state index contributed by atoms with van der Waals surface area (Å²) in [6, 6.07) is 8.84. The standard InChI is InChI=1S/C19H22N4O7S/c1-3-22(4-2)31(28,29)15-8-5-13(6-9-15)21-18(24)12-30-19(25)16-10-7-14(23(26)27)11-17(16)20/h5-11H,3-4,12,20H2,1-2H3,(H,21,24). The van der Waals surface area contributed by atoms with Crippen molar-refractivity contribution in [3.63, 3.8) is 0 Å². The third-order valence-corrected chi connectivity index (χ3v) is 6.35. The molecule has 0 unspecified atom stereocenters. The molecule has 0 atom stereocenters. The van der Waals surface area contributed by atoms with Crippen molar-refractivity contribution in [3.05, 3.63) is 58.1 Å². The number of non-ortho nitro benzene ring substituents is 1. The second-order valence-corrected chi connectivity index (χ2v) is 8.20. The van der Waals surface area contributed by atoms with Crippen molar-refractivity contribution in [1.29, 1.82) is 0 Å². The molecule has 1 amide bonds. The minimum atomic E-state index is -3.61. The van der Waals surface area contributed by atoms with Crippen LogP contribution in [0.1, 0.15) is 24.2 Å². The molecule has 3 N–H and O–H groups in total. The Morgan fingerprint density at radius 1 is 1.13 bits per heavy atom. The number of ether oxygens (including phenoxy) is 1. The number of hydrogen-bond donors (Lipinski definition) is 2. The summed E-state index contributed by atoms with van der Waals surface area (Å²) < 4.78 is 31.1. The summed E-state index contributed by atoms with van der Waals surface area (Å²) in [6.45, 7) is 3.52. The molecule has 0 saturated carbocycles. The summed E-state index contributed by atoms with van der Waals surface area (Å²) in [4.78, 5) is 34.2. The average Bonchev–Trinajstić information content (AvgIpc) is 2.73. The number of sulfonamides is 1. The van der Waals surface area contributed by atoms with Crippen molar-refractivity contribution in [2.45, 2.75) is 18.7 Å². The molecule has 0 aromatic heterocycles. The van der Waals surface area contributed by atoms with E-state index in [0.717, 1.165) is 18.2 Å². The first-order chi connectivity index (χ1) is 14.6. The van der Waals surface area contributed by atoms with Gasteiger partial charge in [-0.25, -0.2) is 13.2 Å². The summed E-state index contributed by atoms with van der Waals surface area (Å²) in [6.07, 6.45) is 0. The maximum Gasteiger partial charge on any atom is 0.340 e. The van der Waals surface area contributed by atoms with Crippen LogP contribution in [0.3, 0.4) is 0 Å². The smallest absolute Gasteiger partial charge is 0.340 e. The van der Waals surface area contributed by atoms with E-state index in [1.807, 2.05) is 0 Å². The van der Waals surface area contributed by atoms with E-state index >= 15 is 0 Å². The van der Waals surface area contributed by atoms with Gasteiger partial charge in [0.05, 0.1) is 21.1 Å². The Morgan fingerprint density at radius 3 is 2.26 bits per heavy atom. The van der Waals surface area contributed by atoms with Crippen molar-refractivity contribution in [2.24, 2.45) is 0 Å². The quantitative estimate of drug-likeness (QED) is 0.254. The SMILES string of the molecule is CCN(CC)S(=O)(=O)c1ccc(NC(=O)COC(=O)c2ccc([N+](=O)[O-])cc2N)cc1. The zero-order valence-electron chi connectivity index (χ0n) is 16.9. The fourth-order valence-electron chi connectivity index (χ4n) is 2.68. The Balaban J connectivity index is 1.97. The number of nitro groups is 1. The van der Waals surface area contributed by atoms with Crippen LogP contribution in [-0.4, -0.2) is 49.2 Å². The monoisotopic (exact) mass is 450 g/mol. The van der Waals surface area contributed by atoms with Gasteiger partial charge < -0.3 is 15.8 Å². The molecule has 0 aliphatic heterocycles. The predicted octanol–water partition coefficient (Wildman–Crippen LogP) is 2.00. The Bertz CT molecular complexity index is 1080. The molecule has 166 valence electrons. The summed E-state index contributed by atoms with van der Waals surface area (Å²) in [5, 5.41) is 13.2. The van der Waals surface area contributed by atoms with E-state index in [1.165, 1.54) is 28.6 Å². The van der Waals surface area contributed by atoms with Gasteiger partial charge >= 0.3 is 5.97 Å². The molecule has 2 rings (SSSR count). The maximum atomic E-state index is 12.5. The highest BCUT2D eigenvalue weighted by Gasteiger charge is 2.21. The number of benzene rings is 2. The number of nitrogens with two attached hydrogens (primary N) is 1. The molecule has 0 bridgehead atoms. The van der Waals surface area contributed by atoms with Gasteiger partial charge in [-0.3, -0.25) is 14.9 Å². The van der Waals surface area contributed by atoms with Crippen LogP contribution in [-0.2, 0) is 19.6 Å². The van der Waals surface area contributed by atoms with Crippen molar-refractivity contribution in [2.75, 3.05) is 30.7 Å². The lowest BCUT2D eigenvalue weighted by molar-refractivity contribution is -0.384. The van der Waals surface area contributed by atoms with Crippen LogP contribution in [0.15, 0.2) is 47.4 Å². The molecule has 0 radical (unpaired) electrons. The van der Waals surface area contributed by atoms with Crippen molar-refractivity contribution in [3.8, 4) is 0 Å². The zero-order chi connectivity index (χ0) is 23.2. The molecule has 0 aliphatic rings. The van der Waals surface area contributed by atoms with Crippen LogP contribution in [0.4, 0.5) is 17.1 Å². The molecule has 0 aliphatic carbocycles. The van der Waals surface area contributed by atoms with Gasteiger partial charge in [0.25, 0.3) is 11.6 Å². The second kappa shape index (κ2) is 10.00. The highest BCUT2D eigenvalue weighted by Crippen LogP contribution is 2.21. The number of amides is 1. The van der Waals surface area contributed by atoms with Gasteiger partial charge in [-0.2, -0.15) is 4.31 Å². The van der Waals surface area contributed by atoms with Gasteiger partial charge in [-0.05, 0) is 30.3 Å². The molecular formula is C19H22N4O7S. The molecule has 12 heteroatoms. The molecule has 0 saturated heterocycles. The van der Waals surface area contributed by atoms with Crippen LogP contribution in [0, 0.1) is 10.1 Å². The Kier molecular flexibility index (Phi) is 7.67. The first kappa shape index (κ1) is 23.8. The van der Waals surface area contributed by atoms with E-state index in [-0.39, 0.29) is 21.8 Å². The summed E-state index contributed by atoms with van der Waals surface area (Å²) in [5.74, 6) is -1.57. The minimum absolute atomic E-state index is 0.0919. The third kappa shape index (κ3) is 5.77. The molecule has 0 heterocycles. The fraction of sp³-hybridized carbons (Fsp3) is 0.263. The number of nitro benzene ring substituents is 1. The van der Waals surface area contributed by atoms with Crippen LogP contribution >= 0.6 is 0 Å². The topological polar surface area (TPSA) is 162 Å². The van der Waals surface area contributed by atoms with Crippen molar-refractivity contribution < 1.29 is 27.7 Å². The number of nitrogens with one attached hydrogen (secondary N) is 1. The van der Waals surface area contributed by atoms with Crippen LogP contribution in [0.5, 0.6) is 0 Å². The number of hydrogen-bond acceptors (Lipinski definition) is 8. The third-order valence-electron chi connectivity index (χ3n) is 4.28. The average molecular weight is 450 g/mol.